The number of unbranched alkanes of at least 4 members (excludes halogenated alkanes) is 30. The molecule has 366 valence electrons. The molecule has 0 aromatic rings. The van der Waals surface area contributed by atoms with Gasteiger partial charge in [-0.1, -0.05) is 268 Å². The van der Waals surface area contributed by atoms with Crippen molar-refractivity contribution in [2.75, 3.05) is 6.61 Å². The van der Waals surface area contributed by atoms with E-state index in [1.54, 1.807) is 0 Å². The summed E-state index contributed by atoms with van der Waals surface area (Å²) in [5, 5.41) is 23.8. The molecule has 3 atom stereocenters. The molecule has 0 aliphatic carbocycles. The fraction of sp³-hybridized carbons (Fsp3) is 0.789. The zero-order valence-electron chi connectivity index (χ0n) is 41.7. The highest BCUT2D eigenvalue weighted by Gasteiger charge is 2.24. The molecule has 63 heavy (non-hydrogen) atoms. The fourth-order valence-corrected chi connectivity index (χ4v) is 8.11. The lowest BCUT2D eigenvalue weighted by atomic mass is 10.0. The number of rotatable bonds is 48. The Labute approximate surface area is 390 Å². The van der Waals surface area contributed by atoms with Crippen molar-refractivity contribution in [3.8, 4) is 0 Å². The fourth-order valence-electron chi connectivity index (χ4n) is 8.11. The third kappa shape index (κ3) is 45.9. The number of aliphatic hydroxyl groups is 2. The summed E-state index contributed by atoms with van der Waals surface area (Å²) in [7, 11) is 0. The number of hydrogen-bond donors (Lipinski definition) is 3. The first-order valence-electron chi connectivity index (χ1n) is 27.1. The molecule has 0 aromatic carbocycles. The van der Waals surface area contributed by atoms with Gasteiger partial charge in [0.2, 0.25) is 5.91 Å². The lowest BCUT2D eigenvalue weighted by molar-refractivity contribution is -0.151. The topological polar surface area (TPSA) is 95.9 Å². The van der Waals surface area contributed by atoms with Crippen LogP contribution in [0.15, 0.2) is 60.8 Å². The molecular formula is C57H103NO5. The van der Waals surface area contributed by atoms with Gasteiger partial charge in [0.15, 0.2) is 0 Å². The molecule has 0 rings (SSSR count). The van der Waals surface area contributed by atoms with Crippen molar-refractivity contribution in [1.82, 2.24) is 5.32 Å². The van der Waals surface area contributed by atoms with Gasteiger partial charge in [0.05, 0.1) is 25.2 Å². The molecular weight excluding hydrogens is 779 g/mol. The summed E-state index contributed by atoms with van der Waals surface area (Å²) >= 11 is 0. The maximum atomic E-state index is 13.2. The van der Waals surface area contributed by atoms with Crippen LogP contribution in [-0.4, -0.2) is 46.9 Å². The van der Waals surface area contributed by atoms with Crippen LogP contribution in [0.3, 0.4) is 0 Å². The number of amides is 1. The molecule has 0 bridgehead atoms. The third-order valence-electron chi connectivity index (χ3n) is 12.2. The summed E-state index contributed by atoms with van der Waals surface area (Å²) in [4.78, 5) is 26.2. The molecule has 0 saturated carbocycles. The number of carbonyl (C=O) groups is 2. The van der Waals surface area contributed by atoms with Gasteiger partial charge in [0.25, 0.3) is 0 Å². The SMILES string of the molecule is CCC/C=C/C=C/C=C/C=C/C=C/CCCCCCCC(=O)OC(CCCCCCCCCCCCCCCC)CC(=O)NC(CO)C(O)CCCCCCCCCCCCCC. The summed E-state index contributed by atoms with van der Waals surface area (Å²) in [6.07, 6.45) is 62.7. The lowest BCUT2D eigenvalue weighted by Crippen LogP contribution is -2.46. The van der Waals surface area contributed by atoms with Crippen molar-refractivity contribution in [1.29, 1.82) is 0 Å². The van der Waals surface area contributed by atoms with Crippen LogP contribution in [0, 0.1) is 0 Å². The smallest absolute Gasteiger partial charge is 0.306 e. The normalized spacial score (nSPS) is 13.7. The van der Waals surface area contributed by atoms with E-state index in [1.807, 2.05) is 24.3 Å². The maximum Gasteiger partial charge on any atom is 0.306 e. The van der Waals surface area contributed by atoms with E-state index in [0.29, 0.717) is 19.3 Å². The Morgan fingerprint density at radius 1 is 0.460 bits per heavy atom. The molecule has 6 nitrogen and oxygen atoms in total. The van der Waals surface area contributed by atoms with Crippen LogP contribution in [-0.2, 0) is 14.3 Å². The molecule has 0 spiro atoms. The van der Waals surface area contributed by atoms with Gasteiger partial charge in [0.1, 0.15) is 6.10 Å². The van der Waals surface area contributed by atoms with Gasteiger partial charge in [0, 0.05) is 6.42 Å². The molecule has 3 N–H and O–H groups in total. The Balaban J connectivity index is 4.61. The molecule has 0 radical (unpaired) electrons. The van der Waals surface area contributed by atoms with Gasteiger partial charge in [-0.25, -0.2) is 0 Å². The number of carbonyl (C=O) groups excluding carboxylic acids is 2. The van der Waals surface area contributed by atoms with E-state index in [-0.39, 0.29) is 24.9 Å². The maximum absolute atomic E-state index is 13.2. The Morgan fingerprint density at radius 3 is 1.29 bits per heavy atom. The number of ether oxygens (including phenoxy) is 1. The largest absolute Gasteiger partial charge is 0.462 e. The monoisotopic (exact) mass is 882 g/mol. The van der Waals surface area contributed by atoms with Crippen LogP contribution in [0.2, 0.25) is 0 Å². The first-order chi connectivity index (χ1) is 31.0. The summed E-state index contributed by atoms with van der Waals surface area (Å²) in [6.45, 7) is 6.40. The Morgan fingerprint density at radius 2 is 0.841 bits per heavy atom. The standard InChI is InChI=1S/C57H103NO5/c1-4-7-10-13-16-19-22-25-27-28-29-30-32-35-38-41-44-47-50-57(62)63-53(48-45-42-39-36-33-31-26-23-20-17-14-11-8-5-2)51-56(61)58-54(52-59)55(60)49-46-43-40-37-34-24-21-18-15-12-9-6-3/h10,13,16,19,22,25,27-30,53-55,59-60H,4-9,11-12,14-15,17-18,20-21,23-24,26,31-52H2,1-3H3,(H,58,61)/b13-10+,19-16+,25-22+,28-27+,30-29+. The first-order valence-corrected chi connectivity index (χ1v) is 27.1. The van der Waals surface area contributed by atoms with Crippen LogP contribution in [0.25, 0.3) is 0 Å². The van der Waals surface area contributed by atoms with Gasteiger partial charge < -0.3 is 20.3 Å². The van der Waals surface area contributed by atoms with E-state index >= 15 is 0 Å². The molecule has 0 saturated heterocycles. The predicted octanol–water partition coefficient (Wildman–Crippen LogP) is 16.4. The highest BCUT2D eigenvalue weighted by atomic mass is 16.5. The van der Waals surface area contributed by atoms with E-state index in [9.17, 15) is 19.8 Å². The number of nitrogens with one attached hydrogen (secondary N) is 1. The summed E-state index contributed by atoms with van der Waals surface area (Å²) in [5.41, 5.74) is 0. The Kier molecular flexibility index (Phi) is 48.6. The second-order valence-corrected chi connectivity index (χ2v) is 18.4. The van der Waals surface area contributed by atoms with Crippen molar-refractivity contribution in [2.45, 2.75) is 283 Å². The molecule has 0 heterocycles. The van der Waals surface area contributed by atoms with Crippen molar-refractivity contribution < 1.29 is 24.5 Å². The van der Waals surface area contributed by atoms with Crippen molar-refractivity contribution in [2.24, 2.45) is 0 Å². The zero-order valence-corrected chi connectivity index (χ0v) is 41.7. The molecule has 0 fully saturated rings. The van der Waals surface area contributed by atoms with Crippen LogP contribution < -0.4 is 5.32 Å². The van der Waals surface area contributed by atoms with Gasteiger partial charge in [-0.15, -0.1) is 0 Å². The van der Waals surface area contributed by atoms with E-state index in [4.69, 9.17) is 4.74 Å². The molecule has 6 heteroatoms. The zero-order chi connectivity index (χ0) is 45.9. The van der Waals surface area contributed by atoms with Gasteiger partial charge in [-0.2, -0.15) is 0 Å². The third-order valence-corrected chi connectivity index (χ3v) is 12.2. The van der Waals surface area contributed by atoms with Crippen LogP contribution in [0.1, 0.15) is 265 Å². The second kappa shape index (κ2) is 50.6. The minimum atomic E-state index is -0.792. The summed E-state index contributed by atoms with van der Waals surface area (Å²) < 4.78 is 5.94. The Bertz CT molecular complexity index is 1130. The molecule has 0 aliphatic heterocycles. The number of esters is 1. The highest BCUT2D eigenvalue weighted by molar-refractivity contribution is 5.77. The van der Waals surface area contributed by atoms with Crippen LogP contribution in [0.5, 0.6) is 0 Å². The van der Waals surface area contributed by atoms with Crippen LogP contribution >= 0.6 is 0 Å². The quantitative estimate of drug-likeness (QED) is 0.0321. The Hall–Kier alpha value is -2.44. The van der Waals surface area contributed by atoms with E-state index in [2.05, 4.69) is 62.5 Å². The number of allylic oxidation sites excluding steroid dienone is 10. The highest BCUT2D eigenvalue weighted by Crippen LogP contribution is 2.18. The molecule has 1 amide bonds. The minimum absolute atomic E-state index is 0.0682. The van der Waals surface area contributed by atoms with E-state index in [0.717, 1.165) is 77.0 Å². The van der Waals surface area contributed by atoms with Gasteiger partial charge >= 0.3 is 5.97 Å². The van der Waals surface area contributed by atoms with Crippen molar-refractivity contribution in [3.63, 3.8) is 0 Å². The first kappa shape index (κ1) is 60.6. The van der Waals surface area contributed by atoms with Crippen LogP contribution in [0.4, 0.5) is 0 Å². The van der Waals surface area contributed by atoms with Gasteiger partial charge in [-0.3, -0.25) is 9.59 Å². The van der Waals surface area contributed by atoms with Crippen molar-refractivity contribution in [3.05, 3.63) is 60.8 Å². The number of hydrogen-bond acceptors (Lipinski definition) is 5. The molecule has 0 aliphatic rings. The lowest BCUT2D eigenvalue weighted by Gasteiger charge is -2.24. The molecule has 3 unspecified atom stereocenters. The average Bonchev–Trinajstić information content (AvgIpc) is 3.28. The molecule has 0 aromatic heterocycles. The second-order valence-electron chi connectivity index (χ2n) is 18.4. The summed E-state index contributed by atoms with van der Waals surface area (Å²) in [6, 6.07) is -0.706. The van der Waals surface area contributed by atoms with Crippen molar-refractivity contribution >= 4 is 11.9 Å². The number of aliphatic hydroxyl groups excluding tert-OH is 2. The minimum Gasteiger partial charge on any atom is -0.462 e. The van der Waals surface area contributed by atoms with E-state index < -0.39 is 18.2 Å². The van der Waals surface area contributed by atoms with Gasteiger partial charge in [-0.05, 0) is 44.9 Å². The average molecular weight is 882 g/mol. The predicted molar refractivity (Wildman–Crippen MR) is 273 cm³/mol. The summed E-state index contributed by atoms with van der Waals surface area (Å²) in [5.74, 6) is -0.494. The van der Waals surface area contributed by atoms with E-state index in [1.165, 1.54) is 141 Å².